The van der Waals surface area contributed by atoms with Crippen molar-refractivity contribution in [2.45, 2.75) is 6.92 Å². The summed E-state index contributed by atoms with van der Waals surface area (Å²) >= 11 is 6.11. The van der Waals surface area contributed by atoms with Crippen LogP contribution in [-0.2, 0) is 0 Å². The van der Waals surface area contributed by atoms with Gasteiger partial charge < -0.3 is 15.4 Å². The zero-order chi connectivity index (χ0) is 10.9. The molecule has 0 aromatic heterocycles. The Labute approximate surface area is 97.1 Å². The van der Waals surface area contributed by atoms with Gasteiger partial charge in [0, 0.05) is 5.56 Å². The molecule has 0 aliphatic rings. The summed E-state index contributed by atoms with van der Waals surface area (Å²) in [5, 5.41) is 30.5. The van der Waals surface area contributed by atoms with E-state index in [-0.39, 0.29) is 21.7 Å². The number of phenolic OH excluding ortho intramolecular Hbond substituents is 2. The van der Waals surface area contributed by atoms with Crippen LogP contribution >= 0.6 is 31.9 Å². The van der Waals surface area contributed by atoms with Crippen molar-refractivity contribution in [2.75, 3.05) is 0 Å². The molecule has 0 spiro atoms. The first kappa shape index (κ1) is 11.3. The highest BCUT2D eigenvalue weighted by Gasteiger charge is 2.15. The SMILES string of the molecule is CC(=NO)c1cc(Br)c(O)c(Br)c1O. The van der Waals surface area contributed by atoms with Crippen molar-refractivity contribution in [1.82, 2.24) is 0 Å². The van der Waals surface area contributed by atoms with Gasteiger partial charge in [0.05, 0.1) is 10.2 Å². The maximum Gasteiger partial charge on any atom is 0.147 e. The minimum absolute atomic E-state index is 0.100. The first-order chi connectivity index (χ1) is 6.49. The third-order valence-corrected chi connectivity index (χ3v) is 3.06. The largest absolute Gasteiger partial charge is 0.506 e. The lowest BCUT2D eigenvalue weighted by atomic mass is 10.1. The van der Waals surface area contributed by atoms with Crippen LogP contribution < -0.4 is 0 Å². The topological polar surface area (TPSA) is 73.1 Å². The van der Waals surface area contributed by atoms with Crippen molar-refractivity contribution in [3.05, 3.63) is 20.6 Å². The van der Waals surface area contributed by atoms with Gasteiger partial charge in [0.2, 0.25) is 0 Å². The average Bonchev–Trinajstić information content (AvgIpc) is 2.19. The quantitative estimate of drug-likeness (QED) is 0.422. The molecular weight excluding hydrogens is 318 g/mol. The van der Waals surface area contributed by atoms with Gasteiger partial charge in [0.25, 0.3) is 0 Å². The van der Waals surface area contributed by atoms with Crippen LogP contribution in [0, 0.1) is 0 Å². The minimum atomic E-state index is -0.166. The average molecular weight is 325 g/mol. The fourth-order valence-corrected chi connectivity index (χ4v) is 2.05. The summed E-state index contributed by atoms with van der Waals surface area (Å²) in [5.41, 5.74) is 0.591. The summed E-state index contributed by atoms with van der Waals surface area (Å²) in [4.78, 5) is 0. The van der Waals surface area contributed by atoms with E-state index in [2.05, 4.69) is 37.0 Å². The number of hydrogen-bond donors (Lipinski definition) is 3. The summed E-state index contributed by atoms with van der Waals surface area (Å²) in [6.45, 7) is 1.53. The fraction of sp³-hybridized carbons (Fsp3) is 0.125. The number of rotatable bonds is 1. The van der Waals surface area contributed by atoms with Gasteiger partial charge in [0.1, 0.15) is 16.0 Å². The van der Waals surface area contributed by atoms with E-state index in [1.54, 1.807) is 0 Å². The Morgan fingerprint density at radius 2 is 1.86 bits per heavy atom. The van der Waals surface area contributed by atoms with E-state index in [1.807, 2.05) is 0 Å². The molecule has 1 aromatic carbocycles. The molecule has 1 rings (SSSR count). The van der Waals surface area contributed by atoms with Gasteiger partial charge in [-0.1, -0.05) is 5.16 Å². The van der Waals surface area contributed by atoms with E-state index in [0.29, 0.717) is 10.0 Å². The van der Waals surface area contributed by atoms with Crippen molar-refractivity contribution < 1.29 is 15.4 Å². The van der Waals surface area contributed by atoms with Crippen LogP contribution in [0.3, 0.4) is 0 Å². The minimum Gasteiger partial charge on any atom is -0.506 e. The van der Waals surface area contributed by atoms with Crippen LogP contribution in [0.4, 0.5) is 0 Å². The van der Waals surface area contributed by atoms with E-state index >= 15 is 0 Å². The zero-order valence-corrected chi connectivity index (χ0v) is 10.3. The Morgan fingerprint density at radius 1 is 1.29 bits per heavy atom. The van der Waals surface area contributed by atoms with E-state index in [4.69, 9.17) is 5.21 Å². The first-order valence-corrected chi connectivity index (χ1v) is 5.16. The molecule has 0 aliphatic carbocycles. The number of benzene rings is 1. The highest BCUT2D eigenvalue weighted by molar-refractivity contribution is 9.11. The van der Waals surface area contributed by atoms with E-state index in [0.717, 1.165) is 0 Å². The number of aromatic hydroxyl groups is 2. The lowest BCUT2D eigenvalue weighted by molar-refractivity contribution is 0.318. The molecule has 0 bridgehead atoms. The molecule has 0 amide bonds. The highest BCUT2D eigenvalue weighted by atomic mass is 79.9. The molecule has 1 aromatic rings. The molecule has 0 atom stereocenters. The van der Waals surface area contributed by atoms with Crippen LogP contribution in [0.1, 0.15) is 12.5 Å². The molecule has 14 heavy (non-hydrogen) atoms. The second-order valence-electron chi connectivity index (χ2n) is 2.60. The Balaban J connectivity index is 3.48. The molecule has 6 heteroatoms. The van der Waals surface area contributed by atoms with Gasteiger partial charge in [0.15, 0.2) is 0 Å². The molecule has 0 saturated carbocycles. The zero-order valence-electron chi connectivity index (χ0n) is 7.12. The van der Waals surface area contributed by atoms with Crippen LogP contribution in [0.2, 0.25) is 0 Å². The van der Waals surface area contributed by atoms with Gasteiger partial charge in [-0.3, -0.25) is 0 Å². The Morgan fingerprint density at radius 3 is 2.36 bits per heavy atom. The van der Waals surface area contributed by atoms with E-state index < -0.39 is 0 Å². The second kappa shape index (κ2) is 4.18. The smallest absolute Gasteiger partial charge is 0.147 e. The fourth-order valence-electron chi connectivity index (χ4n) is 0.928. The predicted molar refractivity (Wildman–Crippen MR) is 59.2 cm³/mol. The van der Waals surface area contributed by atoms with Crippen molar-refractivity contribution >= 4 is 37.6 Å². The standard InChI is InChI=1S/C8H7Br2NO3/c1-3(11-14)4-2-5(9)8(13)6(10)7(4)12/h2,12-14H,1H3. The van der Waals surface area contributed by atoms with Gasteiger partial charge >= 0.3 is 0 Å². The molecule has 0 heterocycles. The normalized spacial score (nSPS) is 11.8. The molecule has 0 saturated heterocycles. The van der Waals surface area contributed by atoms with Crippen molar-refractivity contribution in [3.63, 3.8) is 0 Å². The summed E-state index contributed by atoms with van der Waals surface area (Å²) in [7, 11) is 0. The molecule has 0 radical (unpaired) electrons. The lowest BCUT2D eigenvalue weighted by Gasteiger charge is -2.08. The Bertz CT molecular complexity index is 404. The number of oxime groups is 1. The molecule has 76 valence electrons. The molecule has 4 nitrogen and oxygen atoms in total. The molecule has 0 fully saturated rings. The molecular formula is C8H7Br2NO3. The van der Waals surface area contributed by atoms with Gasteiger partial charge in [-0.15, -0.1) is 0 Å². The van der Waals surface area contributed by atoms with Gasteiger partial charge in [-0.25, -0.2) is 0 Å². The maximum absolute atomic E-state index is 9.58. The second-order valence-corrected chi connectivity index (χ2v) is 4.25. The van der Waals surface area contributed by atoms with E-state index in [9.17, 15) is 10.2 Å². The third-order valence-electron chi connectivity index (χ3n) is 1.71. The van der Waals surface area contributed by atoms with Crippen LogP contribution in [0.25, 0.3) is 0 Å². The van der Waals surface area contributed by atoms with Crippen molar-refractivity contribution in [3.8, 4) is 11.5 Å². The Hall–Kier alpha value is -0.750. The third kappa shape index (κ3) is 1.85. The summed E-state index contributed by atoms with van der Waals surface area (Å²) < 4.78 is 0.560. The summed E-state index contributed by atoms with van der Waals surface area (Å²) in [6, 6.07) is 1.46. The predicted octanol–water partition coefficient (Wildman–Crippen LogP) is 2.82. The van der Waals surface area contributed by atoms with Crippen LogP contribution in [0.5, 0.6) is 11.5 Å². The maximum atomic E-state index is 9.58. The van der Waals surface area contributed by atoms with E-state index in [1.165, 1.54) is 13.0 Å². The summed E-state index contributed by atoms with van der Waals surface area (Å²) in [5.74, 6) is -0.266. The Kier molecular flexibility index (Phi) is 3.38. The number of halogens is 2. The number of hydrogen-bond acceptors (Lipinski definition) is 4. The number of nitrogens with zero attached hydrogens (tertiary/aromatic N) is 1. The molecule has 3 N–H and O–H groups in total. The van der Waals surface area contributed by atoms with Crippen molar-refractivity contribution in [1.29, 1.82) is 0 Å². The molecule has 0 unspecified atom stereocenters. The monoisotopic (exact) mass is 323 g/mol. The molecule has 0 aliphatic heterocycles. The van der Waals surface area contributed by atoms with Crippen molar-refractivity contribution in [2.24, 2.45) is 5.16 Å². The van der Waals surface area contributed by atoms with Crippen LogP contribution in [-0.4, -0.2) is 21.1 Å². The first-order valence-electron chi connectivity index (χ1n) is 3.58. The van der Waals surface area contributed by atoms with Gasteiger partial charge in [-0.2, -0.15) is 0 Å². The van der Waals surface area contributed by atoms with Crippen LogP contribution in [0.15, 0.2) is 20.2 Å². The summed E-state index contributed by atoms with van der Waals surface area (Å²) in [6.07, 6.45) is 0. The number of phenols is 2. The van der Waals surface area contributed by atoms with Gasteiger partial charge in [-0.05, 0) is 44.8 Å². The highest BCUT2D eigenvalue weighted by Crippen LogP contribution is 2.41. The lowest BCUT2D eigenvalue weighted by Crippen LogP contribution is -1.96.